The minimum Gasteiger partial charge on any atom is -0.384 e. The minimum atomic E-state index is 0.464. The SMILES string of the molecule is Nc1cc(-c2ccccc2)nc(Cc2ccccc2Cl)n1. The van der Waals surface area contributed by atoms with Gasteiger partial charge in [-0.1, -0.05) is 60.1 Å². The Morgan fingerprint density at radius 1 is 0.905 bits per heavy atom. The summed E-state index contributed by atoms with van der Waals surface area (Å²) < 4.78 is 0. The first-order valence-corrected chi connectivity index (χ1v) is 7.02. The zero-order valence-corrected chi connectivity index (χ0v) is 12.1. The average Bonchev–Trinajstić information content (AvgIpc) is 2.50. The molecule has 3 nitrogen and oxygen atoms in total. The molecule has 0 saturated heterocycles. The molecule has 0 aliphatic heterocycles. The van der Waals surface area contributed by atoms with E-state index in [0.717, 1.165) is 16.8 Å². The lowest BCUT2D eigenvalue weighted by Crippen LogP contribution is -2.02. The van der Waals surface area contributed by atoms with Gasteiger partial charge in [0.15, 0.2) is 0 Å². The molecule has 0 radical (unpaired) electrons. The molecule has 0 saturated carbocycles. The van der Waals surface area contributed by atoms with Crippen LogP contribution in [-0.4, -0.2) is 9.97 Å². The maximum atomic E-state index is 6.18. The largest absolute Gasteiger partial charge is 0.384 e. The van der Waals surface area contributed by atoms with E-state index < -0.39 is 0 Å². The van der Waals surface area contributed by atoms with Gasteiger partial charge in [0, 0.05) is 23.1 Å². The molecule has 1 aromatic heterocycles. The molecule has 0 aliphatic rings. The van der Waals surface area contributed by atoms with Crippen molar-refractivity contribution in [1.82, 2.24) is 9.97 Å². The van der Waals surface area contributed by atoms with Crippen molar-refractivity contribution in [2.75, 3.05) is 5.73 Å². The summed E-state index contributed by atoms with van der Waals surface area (Å²) in [5.41, 5.74) is 8.74. The number of aromatic nitrogens is 2. The van der Waals surface area contributed by atoms with Crippen LogP contribution in [-0.2, 0) is 6.42 Å². The van der Waals surface area contributed by atoms with E-state index in [1.54, 1.807) is 6.07 Å². The minimum absolute atomic E-state index is 0.464. The zero-order chi connectivity index (χ0) is 14.7. The normalized spacial score (nSPS) is 10.5. The first-order valence-electron chi connectivity index (χ1n) is 6.64. The van der Waals surface area contributed by atoms with E-state index in [1.807, 2.05) is 54.6 Å². The van der Waals surface area contributed by atoms with Crippen LogP contribution >= 0.6 is 11.6 Å². The average molecular weight is 296 g/mol. The fourth-order valence-corrected chi connectivity index (χ4v) is 2.37. The van der Waals surface area contributed by atoms with Crippen LogP contribution in [0, 0.1) is 0 Å². The molecule has 0 bridgehead atoms. The van der Waals surface area contributed by atoms with Crippen molar-refractivity contribution >= 4 is 17.4 Å². The lowest BCUT2D eigenvalue weighted by molar-refractivity contribution is 0.978. The van der Waals surface area contributed by atoms with E-state index in [0.29, 0.717) is 23.1 Å². The van der Waals surface area contributed by atoms with Gasteiger partial charge in [0.2, 0.25) is 0 Å². The maximum Gasteiger partial charge on any atom is 0.135 e. The van der Waals surface area contributed by atoms with Crippen LogP contribution in [0.4, 0.5) is 5.82 Å². The highest BCUT2D eigenvalue weighted by atomic mass is 35.5. The maximum absolute atomic E-state index is 6.18. The van der Waals surface area contributed by atoms with E-state index in [1.165, 1.54) is 0 Å². The third-order valence-corrected chi connectivity index (χ3v) is 3.54. The summed E-state index contributed by atoms with van der Waals surface area (Å²) >= 11 is 6.18. The molecule has 2 aromatic carbocycles. The highest BCUT2D eigenvalue weighted by Gasteiger charge is 2.07. The van der Waals surface area contributed by atoms with E-state index in [4.69, 9.17) is 17.3 Å². The van der Waals surface area contributed by atoms with E-state index in [9.17, 15) is 0 Å². The molecule has 0 unspecified atom stereocenters. The van der Waals surface area contributed by atoms with Crippen LogP contribution in [0.1, 0.15) is 11.4 Å². The molecular formula is C17H14ClN3. The van der Waals surface area contributed by atoms with Crippen molar-refractivity contribution in [3.63, 3.8) is 0 Å². The second kappa shape index (κ2) is 5.94. The van der Waals surface area contributed by atoms with Crippen LogP contribution in [0.5, 0.6) is 0 Å². The van der Waals surface area contributed by atoms with Crippen LogP contribution < -0.4 is 5.73 Å². The molecule has 0 atom stereocenters. The number of nitrogens with two attached hydrogens (primary N) is 1. The second-order valence-corrected chi connectivity index (χ2v) is 5.14. The van der Waals surface area contributed by atoms with Gasteiger partial charge in [-0.15, -0.1) is 0 Å². The summed E-state index contributed by atoms with van der Waals surface area (Å²) in [6.07, 6.45) is 0.560. The molecule has 3 rings (SSSR count). The van der Waals surface area contributed by atoms with Crippen molar-refractivity contribution in [1.29, 1.82) is 0 Å². The van der Waals surface area contributed by atoms with Gasteiger partial charge in [-0.2, -0.15) is 0 Å². The molecule has 0 fully saturated rings. The van der Waals surface area contributed by atoms with Gasteiger partial charge in [-0.05, 0) is 11.6 Å². The summed E-state index contributed by atoms with van der Waals surface area (Å²) in [5, 5.41) is 0.713. The fourth-order valence-electron chi connectivity index (χ4n) is 2.17. The quantitative estimate of drug-likeness (QED) is 0.795. The summed E-state index contributed by atoms with van der Waals surface area (Å²) in [5.74, 6) is 1.13. The van der Waals surface area contributed by atoms with Gasteiger partial charge in [0.05, 0.1) is 5.69 Å². The highest BCUT2D eigenvalue weighted by molar-refractivity contribution is 6.31. The topological polar surface area (TPSA) is 51.8 Å². The Balaban J connectivity index is 1.97. The first-order chi connectivity index (χ1) is 10.2. The summed E-state index contributed by atoms with van der Waals surface area (Å²) in [6, 6.07) is 19.4. The van der Waals surface area contributed by atoms with Crippen molar-refractivity contribution in [2.45, 2.75) is 6.42 Å². The number of halogens is 1. The zero-order valence-electron chi connectivity index (χ0n) is 11.3. The number of nitrogen functional groups attached to an aromatic ring is 1. The van der Waals surface area contributed by atoms with Gasteiger partial charge >= 0.3 is 0 Å². The van der Waals surface area contributed by atoms with Crippen LogP contribution in [0.2, 0.25) is 5.02 Å². The van der Waals surface area contributed by atoms with E-state index in [2.05, 4.69) is 9.97 Å². The Kier molecular flexibility index (Phi) is 3.84. The third-order valence-electron chi connectivity index (χ3n) is 3.17. The predicted molar refractivity (Wildman–Crippen MR) is 86.1 cm³/mol. The third kappa shape index (κ3) is 3.20. The fraction of sp³-hybridized carbons (Fsp3) is 0.0588. The number of benzene rings is 2. The number of anilines is 1. The monoisotopic (exact) mass is 295 g/mol. The number of hydrogen-bond acceptors (Lipinski definition) is 3. The van der Waals surface area contributed by atoms with Gasteiger partial charge in [0.25, 0.3) is 0 Å². The van der Waals surface area contributed by atoms with Gasteiger partial charge in [-0.25, -0.2) is 9.97 Å². The van der Waals surface area contributed by atoms with E-state index >= 15 is 0 Å². The molecule has 21 heavy (non-hydrogen) atoms. The van der Waals surface area contributed by atoms with Crippen LogP contribution in [0.3, 0.4) is 0 Å². The Bertz CT molecular complexity index is 757. The van der Waals surface area contributed by atoms with E-state index in [-0.39, 0.29) is 0 Å². The lowest BCUT2D eigenvalue weighted by atomic mass is 10.1. The Morgan fingerprint density at radius 3 is 2.38 bits per heavy atom. The second-order valence-electron chi connectivity index (χ2n) is 4.73. The van der Waals surface area contributed by atoms with Crippen LogP contribution in [0.25, 0.3) is 11.3 Å². The summed E-state index contributed by atoms with van der Waals surface area (Å²) in [6.45, 7) is 0. The molecule has 0 aliphatic carbocycles. The first kappa shape index (κ1) is 13.6. The van der Waals surface area contributed by atoms with Crippen molar-refractivity contribution < 1.29 is 0 Å². The molecule has 2 N–H and O–H groups in total. The molecular weight excluding hydrogens is 282 g/mol. The van der Waals surface area contributed by atoms with Crippen molar-refractivity contribution in [3.8, 4) is 11.3 Å². The Hall–Kier alpha value is -2.39. The van der Waals surface area contributed by atoms with Crippen molar-refractivity contribution in [2.24, 2.45) is 0 Å². The standard InChI is InChI=1S/C17H14ClN3/c18-14-9-5-4-8-13(14)10-17-20-15(11-16(19)21-17)12-6-2-1-3-7-12/h1-9,11H,10H2,(H2,19,20,21). The summed E-state index contributed by atoms with van der Waals surface area (Å²) in [7, 11) is 0. The lowest BCUT2D eigenvalue weighted by Gasteiger charge is -2.07. The molecule has 4 heteroatoms. The Morgan fingerprint density at radius 2 is 1.62 bits per heavy atom. The van der Waals surface area contributed by atoms with Crippen molar-refractivity contribution in [3.05, 3.63) is 77.1 Å². The molecule has 0 amide bonds. The van der Waals surface area contributed by atoms with Gasteiger partial charge in [-0.3, -0.25) is 0 Å². The highest BCUT2D eigenvalue weighted by Crippen LogP contribution is 2.21. The molecule has 1 heterocycles. The number of hydrogen-bond donors (Lipinski definition) is 1. The number of rotatable bonds is 3. The Labute approximate surface area is 128 Å². The van der Waals surface area contributed by atoms with Gasteiger partial charge < -0.3 is 5.73 Å². The molecule has 0 spiro atoms. The predicted octanol–water partition coefficient (Wildman–Crippen LogP) is 3.97. The smallest absolute Gasteiger partial charge is 0.135 e. The number of nitrogens with zero attached hydrogens (tertiary/aromatic N) is 2. The van der Waals surface area contributed by atoms with Crippen LogP contribution in [0.15, 0.2) is 60.7 Å². The molecule has 104 valence electrons. The van der Waals surface area contributed by atoms with Gasteiger partial charge in [0.1, 0.15) is 11.6 Å². The molecule has 3 aromatic rings. The summed E-state index contributed by atoms with van der Waals surface area (Å²) in [4.78, 5) is 8.89.